The summed E-state index contributed by atoms with van der Waals surface area (Å²) in [5, 5.41) is 10.6. The second-order valence-corrected chi connectivity index (χ2v) is 6.55. The highest BCUT2D eigenvalue weighted by Crippen LogP contribution is 2.42. The van der Waals surface area contributed by atoms with Gasteiger partial charge in [-0.15, -0.1) is 0 Å². The van der Waals surface area contributed by atoms with E-state index in [1.54, 1.807) is 35.4 Å². The van der Waals surface area contributed by atoms with Crippen LogP contribution in [0.2, 0.25) is 5.02 Å². The van der Waals surface area contributed by atoms with Crippen molar-refractivity contribution in [2.75, 3.05) is 0 Å². The molecule has 2 aromatic carbocycles. The van der Waals surface area contributed by atoms with Crippen molar-refractivity contribution in [1.82, 2.24) is 4.90 Å². The van der Waals surface area contributed by atoms with Gasteiger partial charge < -0.3 is 0 Å². The lowest BCUT2D eigenvalue weighted by molar-refractivity contribution is 0.0625. The van der Waals surface area contributed by atoms with Gasteiger partial charge in [-0.05, 0) is 47.4 Å². The maximum atomic E-state index is 13.1. The number of hydrogen-bond acceptors (Lipinski definition) is 2. The van der Waals surface area contributed by atoms with Crippen LogP contribution in [0.15, 0.2) is 54.7 Å². The normalized spacial score (nSPS) is 19.0. The van der Waals surface area contributed by atoms with E-state index in [4.69, 9.17) is 11.6 Å². The molecular formula is C20H17ClN2O. The molecule has 0 radical (unpaired) electrons. The number of nitrogens with zero attached hydrogens (tertiary/aromatic N) is 2. The lowest BCUT2D eigenvalue weighted by Crippen LogP contribution is -2.50. The summed E-state index contributed by atoms with van der Waals surface area (Å²) in [7, 11) is 0. The van der Waals surface area contributed by atoms with Crippen molar-refractivity contribution in [3.05, 3.63) is 76.4 Å². The Labute approximate surface area is 146 Å². The molecule has 0 saturated carbocycles. The van der Waals surface area contributed by atoms with Gasteiger partial charge in [-0.2, -0.15) is 5.26 Å². The number of hydrogen-bond donors (Lipinski definition) is 0. The molecule has 0 spiro atoms. The van der Waals surface area contributed by atoms with Crippen molar-refractivity contribution in [3.63, 3.8) is 0 Å². The van der Waals surface area contributed by atoms with Crippen molar-refractivity contribution in [2.45, 2.75) is 19.4 Å². The quantitative estimate of drug-likeness (QED) is 0.787. The van der Waals surface area contributed by atoms with Gasteiger partial charge in [0.05, 0.1) is 6.07 Å². The molecule has 1 amide bonds. The number of nitriles is 1. The Morgan fingerprint density at radius 3 is 2.46 bits per heavy atom. The summed E-state index contributed by atoms with van der Waals surface area (Å²) < 4.78 is 0. The Balaban J connectivity index is 2.15. The van der Waals surface area contributed by atoms with Crippen LogP contribution in [-0.2, 0) is 5.54 Å². The summed E-state index contributed by atoms with van der Waals surface area (Å²) in [6.45, 7) is 3.92. The highest BCUT2D eigenvalue weighted by molar-refractivity contribution is 6.30. The minimum absolute atomic E-state index is 0.0788. The molecule has 1 aliphatic heterocycles. The minimum Gasteiger partial charge on any atom is -0.291 e. The van der Waals surface area contributed by atoms with Crippen LogP contribution in [0, 0.1) is 17.2 Å². The standard InChI is InChI=1S/C20H17ClN2O/c1-14(2)20(13-22)18-6-4-3-5-15(18)11-12-23(20)19(24)16-7-9-17(21)10-8-16/h3-12,14H,1-2H3. The molecule has 0 N–H and O–H groups in total. The van der Waals surface area contributed by atoms with Crippen LogP contribution in [0.25, 0.3) is 6.08 Å². The second kappa shape index (κ2) is 6.14. The number of amides is 1. The Kier molecular flexibility index (Phi) is 4.17. The predicted octanol–water partition coefficient (Wildman–Crippen LogP) is 4.84. The first-order chi connectivity index (χ1) is 11.5. The topological polar surface area (TPSA) is 44.1 Å². The number of benzene rings is 2. The zero-order valence-corrected chi connectivity index (χ0v) is 14.3. The fraction of sp³-hybridized carbons (Fsp3) is 0.200. The van der Waals surface area contributed by atoms with Crippen LogP contribution in [0.1, 0.15) is 35.3 Å². The van der Waals surface area contributed by atoms with Gasteiger partial charge in [-0.3, -0.25) is 9.69 Å². The fourth-order valence-electron chi connectivity index (χ4n) is 3.18. The van der Waals surface area contributed by atoms with Crippen molar-refractivity contribution in [1.29, 1.82) is 5.26 Å². The van der Waals surface area contributed by atoms with E-state index in [-0.39, 0.29) is 11.8 Å². The van der Waals surface area contributed by atoms with E-state index in [0.29, 0.717) is 10.6 Å². The molecule has 3 nitrogen and oxygen atoms in total. The van der Waals surface area contributed by atoms with Crippen LogP contribution in [0.3, 0.4) is 0 Å². The van der Waals surface area contributed by atoms with E-state index in [1.807, 2.05) is 44.2 Å². The molecule has 1 unspecified atom stereocenters. The number of carbonyl (C=O) groups excluding carboxylic acids is 1. The van der Waals surface area contributed by atoms with Crippen molar-refractivity contribution >= 4 is 23.6 Å². The van der Waals surface area contributed by atoms with Crippen LogP contribution in [0.4, 0.5) is 0 Å². The highest BCUT2D eigenvalue weighted by atomic mass is 35.5. The van der Waals surface area contributed by atoms with Crippen molar-refractivity contribution in [2.24, 2.45) is 5.92 Å². The van der Waals surface area contributed by atoms with E-state index in [9.17, 15) is 10.1 Å². The number of carbonyl (C=O) groups is 1. The minimum atomic E-state index is -1.04. The molecule has 2 aromatic rings. The second-order valence-electron chi connectivity index (χ2n) is 6.12. The van der Waals surface area contributed by atoms with Gasteiger partial charge in [-0.1, -0.05) is 49.7 Å². The van der Waals surface area contributed by atoms with E-state index in [2.05, 4.69) is 6.07 Å². The number of rotatable bonds is 2. The molecule has 0 aliphatic carbocycles. The Morgan fingerprint density at radius 1 is 1.17 bits per heavy atom. The number of halogens is 1. The first-order valence-electron chi connectivity index (χ1n) is 7.79. The highest BCUT2D eigenvalue weighted by Gasteiger charge is 2.46. The summed E-state index contributed by atoms with van der Waals surface area (Å²) in [4.78, 5) is 14.6. The molecule has 0 aromatic heterocycles. The monoisotopic (exact) mass is 336 g/mol. The van der Waals surface area contributed by atoms with E-state index < -0.39 is 5.54 Å². The fourth-order valence-corrected chi connectivity index (χ4v) is 3.31. The summed E-state index contributed by atoms with van der Waals surface area (Å²) in [5.74, 6) is -0.294. The van der Waals surface area contributed by atoms with Gasteiger partial charge in [0.25, 0.3) is 5.91 Å². The summed E-state index contributed by atoms with van der Waals surface area (Å²) >= 11 is 5.91. The van der Waals surface area contributed by atoms with E-state index in [0.717, 1.165) is 11.1 Å². The molecule has 1 aliphatic rings. The summed E-state index contributed by atoms with van der Waals surface area (Å²) in [5.41, 5.74) is 1.28. The third-order valence-electron chi connectivity index (χ3n) is 4.47. The molecule has 0 saturated heterocycles. The molecule has 4 heteroatoms. The van der Waals surface area contributed by atoms with E-state index >= 15 is 0 Å². The van der Waals surface area contributed by atoms with Gasteiger partial charge in [0.15, 0.2) is 5.54 Å². The average molecular weight is 337 g/mol. The Morgan fingerprint density at radius 2 is 1.83 bits per heavy atom. The third kappa shape index (κ3) is 2.40. The van der Waals surface area contributed by atoms with E-state index in [1.165, 1.54) is 0 Å². The molecule has 0 bridgehead atoms. The lowest BCUT2D eigenvalue weighted by Gasteiger charge is -2.43. The molecule has 0 fully saturated rings. The van der Waals surface area contributed by atoms with Crippen molar-refractivity contribution < 1.29 is 4.79 Å². The van der Waals surface area contributed by atoms with Gasteiger partial charge in [-0.25, -0.2) is 0 Å². The lowest BCUT2D eigenvalue weighted by atomic mass is 9.75. The Bertz CT molecular complexity index is 849. The first-order valence-corrected chi connectivity index (χ1v) is 8.16. The molecule has 120 valence electrons. The van der Waals surface area contributed by atoms with Crippen LogP contribution in [0.5, 0.6) is 0 Å². The first kappa shape index (κ1) is 16.3. The van der Waals surface area contributed by atoms with Crippen molar-refractivity contribution in [3.8, 4) is 6.07 Å². The Hall–Kier alpha value is -2.57. The van der Waals surface area contributed by atoms with Crippen LogP contribution < -0.4 is 0 Å². The summed E-state index contributed by atoms with van der Waals surface area (Å²) in [6.07, 6.45) is 3.59. The van der Waals surface area contributed by atoms with Gasteiger partial charge >= 0.3 is 0 Å². The molecule has 1 atom stereocenters. The van der Waals surface area contributed by atoms with Crippen LogP contribution in [-0.4, -0.2) is 10.8 Å². The predicted molar refractivity (Wildman–Crippen MR) is 95.2 cm³/mol. The van der Waals surface area contributed by atoms with Gasteiger partial charge in [0, 0.05) is 16.8 Å². The van der Waals surface area contributed by atoms with Crippen LogP contribution >= 0.6 is 11.6 Å². The molecule has 24 heavy (non-hydrogen) atoms. The SMILES string of the molecule is CC(C)C1(C#N)c2ccccc2C=CN1C(=O)c1ccc(Cl)cc1. The zero-order chi connectivity index (χ0) is 17.3. The zero-order valence-electron chi connectivity index (χ0n) is 13.5. The average Bonchev–Trinajstić information content (AvgIpc) is 2.60. The van der Waals surface area contributed by atoms with Gasteiger partial charge in [0.1, 0.15) is 0 Å². The number of fused-ring (bicyclic) bond motifs is 1. The third-order valence-corrected chi connectivity index (χ3v) is 4.72. The maximum absolute atomic E-state index is 13.1. The summed E-state index contributed by atoms with van der Waals surface area (Å²) in [6, 6.07) is 16.9. The smallest absolute Gasteiger partial charge is 0.259 e. The maximum Gasteiger partial charge on any atom is 0.259 e. The molecule has 3 rings (SSSR count). The largest absolute Gasteiger partial charge is 0.291 e. The molecular weight excluding hydrogens is 320 g/mol. The molecule has 1 heterocycles. The van der Waals surface area contributed by atoms with Gasteiger partial charge in [0.2, 0.25) is 0 Å².